The second-order valence-electron chi connectivity index (χ2n) is 7.38. The molecule has 1 saturated heterocycles. The zero-order valence-corrected chi connectivity index (χ0v) is 14.9. The molecule has 1 aliphatic heterocycles. The van der Waals surface area contributed by atoms with Crippen molar-refractivity contribution in [1.29, 1.82) is 0 Å². The predicted octanol–water partition coefficient (Wildman–Crippen LogP) is 0.808. The van der Waals surface area contributed by atoms with E-state index in [4.69, 9.17) is 4.74 Å². The van der Waals surface area contributed by atoms with Crippen molar-refractivity contribution < 1.29 is 19.6 Å². The second kappa shape index (κ2) is 7.55. The van der Waals surface area contributed by atoms with Gasteiger partial charge in [-0.1, -0.05) is 24.3 Å². The van der Waals surface area contributed by atoms with Crippen LogP contribution >= 0.6 is 0 Å². The minimum absolute atomic E-state index is 0.0696. The van der Waals surface area contributed by atoms with Gasteiger partial charge in [0.05, 0.1) is 0 Å². The van der Waals surface area contributed by atoms with Crippen molar-refractivity contribution in [2.24, 2.45) is 0 Å². The van der Waals surface area contributed by atoms with Crippen molar-refractivity contribution in [2.75, 3.05) is 19.6 Å². The van der Waals surface area contributed by atoms with Gasteiger partial charge in [0.1, 0.15) is 5.60 Å². The van der Waals surface area contributed by atoms with Crippen LogP contribution in [-0.4, -0.2) is 64.3 Å². The molecule has 1 fully saturated rings. The van der Waals surface area contributed by atoms with Gasteiger partial charge in [-0.15, -0.1) is 0 Å². The first-order valence-corrected chi connectivity index (χ1v) is 8.32. The smallest absolute Gasteiger partial charge is 0.444 e. The fourth-order valence-corrected chi connectivity index (χ4v) is 2.88. The molecular weight excluding hydrogens is 307 g/mol. The van der Waals surface area contributed by atoms with E-state index in [2.05, 4.69) is 4.90 Å². The number of nitrogens with zero attached hydrogens (tertiary/aromatic N) is 2. The Morgan fingerprint density at radius 1 is 1.33 bits per heavy atom. The lowest BCUT2D eigenvalue weighted by molar-refractivity contribution is 0.000561. The topological polar surface area (TPSA) is 73.2 Å². The monoisotopic (exact) mass is 334 g/mol. The number of benzene rings is 1. The SMILES string of the molecule is C[C@@H]1CN(Cc2cccc(B(O)O)c2)CCN1C(=O)OC(C)(C)C. The van der Waals surface area contributed by atoms with Crippen molar-refractivity contribution in [3.8, 4) is 0 Å². The highest BCUT2D eigenvalue weighted by Crippen LogP contribution is 2.17. The highest BCUT2D eigenvalue weighted by atomic mass is 16.6. The van der Waals surface area contributed by atoms with Crippen molar-refractivity contribution in [3.05, 3.63) is 29.8 Å². The Labute approximate surface area is 144 Å². The first-order chi connectivity index (χ1) is 11.2. The maximum absolute atomic E-state index is 12.2. The van der Waals surface area contributed by atoms with E-state index in [9.17, 15) is 14.8 Å². The number of rotatable bonds is 3. The molecule has 6 nitrogen and oxygen atoms in total. The summed E-state index contributed by atoms with van der Waals surface area (Å²) >= 11 is 0. The maximum Gasteiger partial charge on any atom is 0.488 e. The molecule has 1 amide bonds. The number of hydrogen-bond acceptors (Lipinski definition) is 5. The van der Waals surface area contributed by atoms with Gasteiger partial charge in [0, 0.05) is 32.2 Å². The minimum atomic E-state index is -1.45. The van der Waals surface area contributed by atoms with Crippen LogP contribution in [0.25, 0.3) is 0 Å². The third-order valence-corrected chi connectivity index (χ3v) is 3.99. The van der Waals surface area contributed by atoms with Gasteiger partial charge in [0.25, 0.3) is 0 Å². The normalized spacial score (nSPS) is 19.2. The lowest BCUT2D eigenvalue weighted by atomic mass is 9.79. The molecule has 2 rings (SSSR count). The van der Waals surface area contributed by atoms with Crippen LogP contribution in [0.3, 0.4) is 0 Å². The van der Waals surface area contributed by atoms with E-state index >= 15 is 0 Å². The lowest BCUT2D eigenvalue weighted by Gasteiger charge is -2.40. The summed E-state index contributed by atoms with van der Waals surface area (Å²) in [6.07, 6.45) is -0.264. The summed E-state index contributed by atoms with van der Waals surface area (Å²) in [5.74, 6) is 0. The molecule has 24 heavy (non-hydrogen) atoms. The zero-order chi connectivity index (χ0) is 17.9. The van der Waals surface area contributed by atoms with Gasteiger partial charge in [-0.2, -0.15) is 0 Å². The van der Waals surface area contributed by atoms with E-state index in [0.717, 1.165) is 18.7 Å². The van der Waals surface area contributed by atoms with Crippen LogP contribution in [0.5, 0.6) is 0 Å². The van der Waals surface area contributed by atoms with E-state index in [1.807, 2.05) is 39.8 Å². The maximum atomic E-state index is 12.2. The van der Waals surface area contributed by atoms with E-state index < -0.39 is 12.7 Å². The average Bonchev–Trinajstić information content (AvgIpc) is 2.45. The highest BCUT2D eigenvalue weighted by molar-refractivity contribution is 6.58. The van der Waals surface area contributed by atoms with Crippen molar-refractivity contribution in [2.45, 2.75) is 45.9 Å². The Balaban J connectivity index is 1.93. The van der Waals surface area contributed by atoms with Crippen LogP contribution in [0.4, 0.5) is 4.79 Å². The molecule has 1 aliphatic rings. The molecule has 2 N–H and O–H groups in total. The Kier molecular flexibility index (Phi) is 5.90. The number of piperazine rings is 1. The fourth-order valence-electron chi connectivity index (χ4n) is 2.88. The van der Waals surface area contributed by atoms with Crippen LogP contribution in [0, 0.1) is 0 Å². The van der Waals surface area contributed by atoms with Gasteiger partial charge in [-0.25, -0.2) is 4.79 Å². The molecule has 0 bridgehead atoms. The summed E-state index contributed by atoms with van der Waals surface area (Å²) in [4.78, 5) is 16.3. The number of carbonyl (C=O) groups excluding carboxylic acids is 1. The van der Waals surface area contributed by atoms with E-state index in [1.54, 1.807) is 17.0 Å². The predicted molar refractivity (Wildman–Crippen MR) is 93.9 cm³/mol. The van der Waals surface area contributed by atoms with Gasteiger partial charge in [0.15, 0.2) is 0 Å². The quantitative estimate of drug-likeness (QED) is 0.801. The Bertz CT molecular complexity index is 574. The number of hydrogen-bond donors (Lipinski definition) is 2. The van der Waals surface area contributed by atoms with E-state index in [-0.39, 0.29) is 12.1 Å². The second-order valence-corrected chi connectivity index (χ2v) is 7.38. The molecule has 7 heteroatoms. The van der Waals surface area contributed by atoms with E-state index in [0.29, 0.717) is 18.6 Å². The molecule has 132 valence electrons. The van der Waals surface area contributed by atoms with Crippen molar-refractivity contribution >= 4 is 18.7 Å². The van der Waals surface area contributed by atoms with Gasteiger partial charge in [0.2, 0.25) is 0 Å². The standard InChI is InChI=1S/C17H27BN2O4/c1-13-11-19(8-9-20(13)16(21)24-17(2,3)4)12-14-6-5-7-15(10-14)18(22)23/h5-7,10,13,22-23H,8-9,11-12H2,1-4H3/t13-/m1/s1. The van der Waals surface area contributed by atoms with Crippen molar-refractivity contribution in [1.82, 2.24) is 9.80 Å². The molecule has 0 aliphatic carbocycles. The molecule has 0 spiro atoms. The summed E-state index contributed by atoms with van der Waals surface area (Å²) in [5, 5.41) is 18.5. The Morgan fingerprint density at radius 3 is 2.62 bits per heavy atom. The summed E-state index contributed by atoms with van der Waals surface area (Å²) in [6.45, 7) is 10.5. The Hall–Kier alpha value is -1.57. The minimum Gasteiger partial charge on any atom is -0.444 e. The summed E-state index contributed by atoms with van der Waals surface area (Å²) in [7, 11) is -1.45. The fraction of sp³-hybridized carbons (Fsp3) is 0.588. The summed E-state index contributed by atoms with van der Waals surface area (Å²) in [5.41, 5.74) is 1.03. The third-order valence-electron chi connectivity index (χ3n) is 3.99. The van der Waals surface area contributed by atoms with Gasteiger partial charge in [-0.05, 0) is 38.7 Å². The van der Waals surface area contributed by atoms with Crippen LogP contribution in [0.2, 0.25) is 0 Å². The number of carbonyl (C=O) groups is 1. The number of ether oxygens (including phenoxy) is 1. The molecule has 0 unspecified atom stereocenters. The van der Waals surface area contributed by atoms with Crippen LogP contribution < -0.4 is 5.46 Å². The third kappa shape index (κ3) is 5.23. The molecule has 0 saturated carbocycles. The highest BCUT2D eigenvalue weighted by Gasteiger charge is 2.30. The van der Waals surface area contributed by atoms with E-state index in [1.165, 1.54) is 0 Å². The molecule has 1 atom stereocenters. The molecule has 0 radical (unpaired) electrons. The summed E-state index contributed by atoms with van der Waals surface area (Å²) in [6, 6.07) is 7.36. The molecule has 0 aromatic heterocycles. The molecule has 1 aromatic carbocycles. The largest absolute Gasteiger partial charge is 0.488 e. The van der Waals surface area contributed by atoms with Gasteiger partial charge in [-0.3, -0.25) is 4.90 Å². The number of amides is 1. The summed E-state index contributed by atoms with van der Waals surface area (Å²) < 4.78 is 5.46. The Morgan fingerprint density at radius 2 is 2.04 bits per heavy atom. The zero-order valence-electron chi connectivity index (χ0n) is 14.9. The van der Waals surface area contributed by atoms with Crippen LogP contribution in [-0.2, 0) is 11.3 Å². The van der Waals surface area contributed by atoms with Gasteiger partial charge >= 0.3 is 13.2 Å². The molecule has 1 heterocycles. The van der Waals surface area contributed by atoms with Gasteiger partial charge < -0.3 is 19.7 Å². The first-order valence-electron chi connectivity index (χ1n) is 8.32. The van der Waals surface area contributed by atoms with Crippen LogP contribution in [0.15, 0.2) is 24.3 Å². The lowest BCUT2D eigenvalue weighted by Crippen LogP contribution is -2.54. The van der Waals surface area contributed by atoms with Crippen LogP contribution in [0.1, 0.15) is 33.3 Å². The average molecular weight is 334 g/mol. The molecular formula is C17H27BN2O4. The van der Waals surface area contributed by atoms with Crippen molar-refractivity contribution in [3.63, 3.8) is 0 Å². The molecule has 1 aromatic rings. The first kappa shape index (κ1) is 18.8.